The van der Waals surface area contributed by atoms with Crippen molar-refractivity contribution in [2.24, 2.45) is 0 Å². The van der Waals surface area contributed by atoms with Crippen LogP contribution >= 0.6 is 0 Å². The number of nitrogens with zero attached hydrogens (tertiary/aromatic N) is 1. The van der Waals surface area contributed by atoms with E-state index in [2.05, 4.69) is 10.6 Å². The molecule has 0 saturated carbocycles. The lowest BCUT2D eigenvalue weighted by Gasteiger charge is -2.31. The van der Waals surface area contributed by atoms with Crippen LogP contribution in [-0.4, -0.2) is 56.7 Å². The number of anilines is 1. The summed E-state index contributed by atoms with van der Waals surface area (Å²) < 4.78 is 16.4. The SMILES string of the molecule is COc1ccc(C[C@H](NC(=O)[C@H](C)NC(=O)CN2CCOc3ccccc32)C(=O)OCc2ccccc2)cc1. The smallest absolute Gasteiger partial charge is 0.329 e. The Balaban J connectivity index is 1.37. The van der Waals surface area contributed by atoms with E-state index in [9.17, 15) is 14.4 Å². The van der Waals surface area contributed by atoms with Gasteiger partial charge in [0.05, 0.1) is 25.9 Å². The van der Waals surface area contributed by atoms with Crippen LogP contribution in [0, 0.1) is 0 Å². The predicted octanol–water partition coefficient (Wildman–Crippen LogP) is 2.87. The summed E-state index contributed by atoms with van der Waals surface area (Å²) in [6, 6.07) is 22.2. The van der Waals surface area contributed by atoms with Crippen molar-refractivity contribution in [3.63, 3.8) is 0 Å². The second-order valence-electron chi connectivity index (χ2n) is 9.23. The predicted molar refractivity (Wildman–Crippen MR) is 147 cm³/mol. The molecule has 9 heteroatoms. The van der Waals surface area contributed by atoms with Gasteiger partial charge in [-0.15, -0.1) is 0 Å². The highest BCUT2D eigenvalue weighted by molar-refractivity contribution is 5.91. The van der Waals surface area contributed by atoms with Gasteiger partial charge >= 0.3 is 5.97 Å². The standard InChI is InChI=1S/C30H33N3O6/c1-21(31-28(34)19-33-16-17-38-27-11-7-6-10-26(27)33)29(35)32-25(18-22-12-14-24(37-2)15-13-22)30(36)39-20-23-8-4-3-5-9-23/h3-15,21,25H,16-20H2,1-2H3,(H,31,34)(H,32,35)/t21-,25-/m0/s1. The summed E-state index contributed by atoms with van der Waals surface area (Å²) in [7, 11) is 1.58. The molecule has 1 aliphatic heterocycles. The number of esters is 1. The van der Waals surface area contributed by atoms with Gasteiger partial charge in [0.15, 0.2) is 0 Å². The summed E-state index contributed by atoms with van der Waals surface area (Å²) >= 11 is 0. The number of carbonyl (C=O) groups excluding carboxylic acids is 3. The van der Waals surface area contributed by atoms with Crippen molar-refractivity contribution in [3.05, 3.63) is 90.0 Å². The van der Waals surface area contributed by atoms with Gasteiger partial charge in [-0.2, -0.15) is 0 Å². The number of nitrogens with one attached hydrogen (secondary N) is 2. The van der Waals surface area contributed by atoms with Crippen LogP contribution in [0.15, 0.2) is 78.9 Å². The summed E-state index contributed by atoms with van der Waals surface area (Å²) in [5.74, 6) is 0.0445. The van der Waals surface area contributed by atoms with Gasteiger partial charge in [-0.05, 0) is 42.3 Å². The first-order valence-corrected chi connectivity index (χ1v) is 12.8. The molecule has 1 heterocycles. The summed E-state index contributed by atoms with van der Waals surface area (Å²) in [5.41, 5.74) is 2.49. The average molecular weight is 532 g/mol. The highest BCUT2D eigenvalue weighted by Crippen LogP contribution is 2.30. The van der Waals surface area contributed by atoms with E-state index in [0.29, 0.717) is 18.9 Å². The molecule has 2 atom stereocenters. The molecule has 9 nitrogen and oxygen atoms in total. The molecule has 0 saturated heterocycles. The zero-order valence-corrected chi connectivity index (χ0v) is 22.1. The second-order valence-corrected chi connectivity index (χ2v) is 9.23. The van der Waals surface area contributed by atoms with Crippen LogP contribution in [0.3, 0.4) is 0 Å². The van der Waals surface area contributed by atoms with Gasteiger partial charge in [-0.25, -0.2) is 4.79 Å². The van der Waals surface area contributed by atoms with E-state index in [4.69, 9.17) is 14.2 Å². The van der Waals surface area contributed by atoms with Crippen molar-refractivity contribution >= 4 is 23.5 Å². The Kier molecular flexibility index (Phi) is 9.39. The molecule has 0 radical (unpaired) electrons. The maximum atomic E-state index is 13.1. The van der Waals surface area contributed by atoms with Gasteiger partial charge < -0.3 is 29.7 Å². The first kappa shape index (κ1) is 27.5. The first-order chi connectivity index (χ1) is 18.9. The van der Waals surface area contributed by atoms with Gasteiger partial charge in [0, 0.05) is 6.42 Å². The molecule has 0 aliphatic carbocycles. The van der Waals surface area contributed by atoms with Crippen molar-refractivity contribution in [1.29, 1.82) is 0 Å². The quantitative estimate of drug-likeness (QED) is 0.367. The molecule has 204 valence electrons. The number of carbonyl (C=O) groups is 3. The van der Waals surface area contributed by atoms with Crippen LogP contribution in [0.25, 0.3) is 0 Å². The molecule has 3 aromatic carbocycles. The van der Waals surface area contributed by atoms with Crippen LogP contribution in [0.1, 0.15) is 18.1 Å². The summed E-state index contributed by atoms with van der Waals surface area (Å²) in [6.07, 6.45) is 0.217. The van der Waals surface area contributed by atoms with Crippen LogP contribution in [-0.2, 0) is 32.1 Å². The number of methoxy groups -OCH3 is 1. The maximum Gasteiger partial charge on any atom is 0.329 e. The van der Waals surface area contributed by atoms with E-state index in [-0.39, 0.29) is 25.5 Å². The minimum Gasteiger partial charge on any atom is -0.497 e. The number of benzene rings is 3. The minimum atomic E-state index is -0.944. The maximum absolute atomic E-state index is 13.1. The highest BCUT2D eigenvalue weighted by atomic mass is 16.5. The largest absolute Gasteiger partial charge is 0.497 e. The van der Waals surface area contributed by atoms with Crippen LogP contribution < -0.4 is 25.0 Å². The number of para-hydroxylation sites is 2. The highest BCUT2D eigenvalue weighted by Gasteiger charge is 2.27. The third-order valence-corrected chi connectivity index (χ3v) is 6.35. The van der Waals surface area contributed by atoms with Crippen LogP contribution in [0.2, 0.25) is 0 Å². The van der Waals surface area contributed by atoms with E-state index in [1.54, 1.807) is 26.2 Å². The lowest BCUT2D eigenvalue weighted by Crippen LogP contribution is -2.53. The third-order valence-electron chi connectivity index (χ3n) is 6.35. The molecule has 4 rings (SSSR count). The van der Waals surface area contributed by atoms with Gasteiger partial charge in [-0.1, -0.05) is 54.6 Å². The minimum absolute atomic E-state index is 0.0758. The number of hydrogen-bond donors (Lipinski definition) is 2. The number of fused-ring (bicyclic) bond motifs is 1. The average Bonchev–Trinajstić information content (AvgIpc) is 2.96. The fraction of sp³-hybridized carbons (Fsp3) is 0.300. The fourth-order valence-electron chi connectivity index (χ4n) is 4.23. The zero-order chi connectivity index (χ0) is 27.6. The Morgan fingerprint density at radius 2 is 1.64 bits per heavy atom. The molecule has 0 aromatic heterocycles. The zero-order valence-electron chi connectivity index (χ0n) is 22.1. The van der Waals surface area contributed by atoms with E-state index in [1.807, 2.05) is 71.6 Å². The monoisotopic (exact) mass is 531 g/mol. The Morgan fingerprint density at radius 1 is 0.923 bits per heavy atom. The van der Waals surface area contributed by atoms with Crippen LogP contribution in [0.5, 0.6) is 11.5 Å². The Hall–Kier alpha value is -4.53. The lowest BCUT2D eigenvalue weighted by molar-refractivity contribution is -0.149. The lowest BCUT2D eigenvalue weighted by atomic mass is 10.1. The molecule has 3 aromatic rings. The van der Waals surface area contributed by atoms with Gasteiger partial charge in [0.2, 0.25) is 11.8 Å². The first-order valence-electron chi connectivity index (χ1n) is 12.8. The normalized spacial score (nSPS) is 13.7. The van der Waals surface area contributed by atoms with E-state index in [0.717, 1.165) is 22.6 Å². The van der Waals surface area contributed by atoms with Crippen molar-refractivity contribution < 1.29 is 28.6 Å². The number of rotatable bonds is 11. The molecule has 2 N–H and O–H groups in total. The Labute approximate surface area is 228 Å². The molecular weight excluding hydrogens is 498 g/mol. The molecule has 2 amide bonds. The molecule has 1 aliphatic rings. The van der Waals surface area contributed by atoms with Gasteiger partial charge in [0.1, 0.15) is 36.8 Å². The van der Waals surface area contributed by atoms with Crippen molar-refractivity contribution in [2.45, 2.75) is 32.0 Å². The number of amides is 2. The summed E-state index contributed by atoms with van der Waals surface area (Å²) in [6.45, 7) is 2.77. The van der Waals surface area contributed by atoms with Crippen molar-refractivity contribution in [1.82, 2.24) is 10.6 Å². The van der Waals surface area contributed by atoms with E-state index in [1.165, 1.54) is 0 Å². The molecule has 0 fully saturated rings. The number of hydrogen-bond acceptors (Lipinski definition) is 7. The van der Waals surface area contributed by atoms with Gasteiger partial charge in [-0.3, -0.25) is 9.59 Å². The van der Waals surface area contributed by atoms with Crippen molar-refractivity contribution in [2.75, 3.05) is 31.7 Å². The fourth-order valence-corrected chi connectivity index (χ4v) is 4.23. The number of ether oxygens (including phenoxy) is 3. The third kappa shape index (κ3) is 7.73. The summed E-state index contributed by atoms with van der Waals surface area (Å²) in [4.78, 5) is 40.8. The van der Waals surface area contributed by atoms with Crippen LogP contribution in [0.4, 0.5) is 5.69 Å². The molecule has 39 heavy (non-hydrogen) atoms. The second kappa shape index (κ2) is 13.3. The molecule has 0 unspecified atom stereocenters. The topological polar surface area (TPSA) is 106 Å². The van der Waals surface area contributed by atoms with E-state index < -0.39 is 24.0 Å². The molecule has 0 bridgehead atoms. The molecule has 0 spiro atoms. The van der Waals surface area contributed by atoms with Crippen molar-refractivity contribution in [3.8, 4) is 11.5 Å². The van der Waals surface area contributed by atoms with Gasteiger partial charge in [0.25, 0.3) is 0 Å². The van der Waals surface area contributed by atoms with E-state index >= 15 is 0 Å². The Morgan fingerprint density at radius 3 is 2.38 bits per heavy atom. The molecular formula is C30H33N3O6. The Bertz CT molecular complexity index is 1270. The summed E-state index contributed by atoms with van der Waals surface area (Å²) in [5, 5.41) is 5.50.